The number of hydrogen-bond donors (Lipinski definition) is 1. The fraction of sp³-hybridized carbons (Fsp3) is 1.00. The Morgan fingerprint density at radius 3 is 1.82 bits per heavy atom. The Hall–Kier alpha value is -0.0400. The molecule has 11 heavy (non-hydrogen) atoms. The van der Waals surface area contributed by atoms with Crippen LogP contribution < -0.4 is 5.32 Å². The van der Waals surface area contributed by atoms with E-state index in [0.717, 1.165) is 23.9 Å². The van der Waals surface area contributed by atoms with Gasteiger partial charge < -0.3 is 5.32 Å². The molecule has 0 aromatic carbocycles. The minimum absolute atomic E-state index is 0.935. The van der Waals surface area contributed by atoms with Gasteiger partial charge in [0.2, 0.25) is 0 Å². The molecular weight excluding hydrogens is 134 g/mol. The zero-order valence-electron chi connectivity index (χ0n) is 7.05. The molecule has 1 saturated heterocycles. The molecule has 2 saturated carbocycles. The van der Waals surface area contributed by atoms with E-state index in [1.807, 2.05) is 0 Å². The SMILES string of the molecule is C1C[C@H]2[C@H]3CCC[C@H]3N[C@H]2C1. The number of fused-ring (bicyclic) bond motifs is 3. The van der Waals surface area contributed by atoms with E-state index in [1.54, 1.807) is 0 Å². The molecule has 1 aliphatic heterocycles. The van der Waals surface area contributed by atoms with Gasteiger partial charge in [-0.1, -0.05) is 12.8 Å². The van der Waals surface area contributed by atoms with E-state index in [-0.39, 0.29) is 0 Å². The van der Waals surface area contributed by atoms with E-state index in [4.69, 9.17) is 0 Å². The van der Waals surface area contributed by atoms with Crippen LogP contribution in [0.3, 0.4) is 0 Å². The molecule has 3 fully saturated rings. The standard InChI is InChI=1S/C10H17N/c1-3-7-8-4-2-6-10(8)11-9(7)5-1/h7-11H,1-6H2/t7-,8+,9-,10+. The minimum Gasteiger partial charge on any atom is -0.311 e. The molecule has 1 heterocycles. The smallest absolute Gasteiger partial charge is 0.0101 e. The van der Waals surface area contributed by atoms with E-state index in [0.29, 0.717) is 0 Å². The maximum atomic E-state index is 3.81. The van der Waals surface area contributed by atoms with Gasteiger partial charge in [0.05, 0.1) is 0 Å². The summed E-state index contributed by atoms with van der Waals surface area (Å²) in [5.41, 5.74) is 0. The van der Waals surface area contributed by atoms with E-state index in [2.05, 4.69) is 5.32 Å². The molecule has 1 heteroatoms. The third-order valence-electron chi connectivity index (χ3n) is 4.12. The lowest BCUT2D eigenvalue weighted by molar-refractivity contribution is 0.384. The van der Waals surface area contributed by atoms with Crippen molar-refractivity contribution >= 4 is 0 Å². The third kappa shape index (κ3) is 0.807. The second-order valence-corrected chi connectivity index (χ2v) is 4.57. The lowest BCUT2D eigenvalue weighted by atomic mass is 9.90. The predicted molar refractivity (Wildman–Crippen MR) is 45.4 cm³/mol. The van der Waals surface area contributed by atoms with Gasteiger partial charge in [-0.15, -0.1) is 0 Å². The van der Waals surface area contributed by atoms with Crippen molar-refractivity contribution in [3.05, 3.63) is 0 Å². The zero-order chi connectivity index (χ0) is 7.26. The summed E-state index contributed by atoms with van der Waals surface area (Å²) >= 11 is 0. The molecule has 0 amide bonds. The van der Waals surface area contributed by atoms with Crippen molar-refractivity contribution in [2.75, 3.05) is 0 Å². The quantitative estimate of drug-likeness (QED) is 0.558. The Morgan fingerprint density at radius 2 is 1.27 bits per heavy atom. The summed E-state index contributed by atoms with van der Waals surface area (Å²) in [5, 5.41) is 3.81. The van der Waals surface area contributed by atoms with Crippen LogP contribution in [-0.2, 0) is 0 Å². The van der Waals surface area contributed by atoms with Crippen LogP contribution in [0.1, 0.15) is 38.5 Å². The highest BCUT2D eigenvalue weighted by molar-refractivity contribution is 5.02. The molecule has 3 rings (SSSR count). The van der Waals surface area contributed by atoms with Gasteiger partial charge in [0.15, 0.2) is 0 Å². The first kappa shape index (κ1) is 6.47. The lowest BCUT2D eigenvalue weighted by Gasteiger charge is -2.14. The van der Waals surface area contributed by atoms with Crippen LogP contribution in [0.2, 0.25) is 0 Å². The normalized spacial score (nSPS) is 54.5. The molecule has 0 aromatic rings. The molecule has 0 spiro atoms. The van der Waals surface area contributed by atoms with Crippen molar-refractivity contribution in [3.8, 4) is 0 Å². The maximum absolute atomic E-state index is 3.81. The molecule has 0 aromatic heterocycles. The Kier molecular flexibility index (Phi) is 1.31. The van der Waals surface area contributed by atoms with E-state index in [1.165, 1.54) is 38.5 Å². The van der Waals surface area contributed by atoms with Gasteiger partial charge in [0, 0.05) is 12.1 Å². The van der Waals surface area contributed by atoms with Crippen molar-refractivity contribution in [2.45, 2.75) is 50.6 Å². The molecule has 0 radical (unpaired) electrons. The van der Waals surface area contributed by atoms with Gasteiger partial charge in [-0.3, -0.25) is 0 Å². The average Bonchev–Trinajstić information content (AvgIpc) is 2.52. The molecule has 3 aliphatic rings. The van der Waals surface area contributed by atoms with Crippen LogP contribution in [0.25, 0.3) is 0 Å². The van der Waals surface area contributed by atoms with Gasteiger partial charge in [-0.05, 0) is 37.5 Å². The molecular formula is C10H17N. The lowest BCUT2D eigenvalue weighted by Crippen LogP contribution is -2.28. The third-order valence-corrected chi connectivity index (χ3v) is 4.12. The van der Waals surface area contributed by atoms with Crippen LogP contribution in [0.15, 0.2) is 0 Å². The molecule has 2 aliphatic carbocycles. The maximum Gasteiger partial charge on any atom is 0.0101 e. The van der Waals surface area contributed by atoms with Crippen molar-refractivity contribution in [2.24, 2.45) is 11.8 Å². The highest BCUT2D eigenvalue weighted by atomic mass is 15.0. The van der Waals surface area contributed by atoms with E-state index < -0.39 is 0 Å². The predicted octanol–water partition coefficient (Wildman–Crippen LogP) is 1.93. The second-order valence-electron chi connectivity index (χ2n) is 4.57. The first-order valence-corrected chi connectivity index (χ1v) is 5.21. The molecule has 1 N–H and O–H groups in total. The molecule has 62 valence electrons. The molecule has 1 nitrogen and oxygen atoms in total. The second kappa shape index (κ2) is 2.22. The summed E-state index contributed by atoms with van der Waals surface area (Å²) in [5.74, 6) is 2.17. The minimum atomic E-state index is 0.935. The fourth-order valence-corrected chi connectivity index (χ4v) is 3.69. The Bertz CT molecular complexity index is 148. The van der Waals surface area contributed by atoms with Crippen LogP contribution in [0.5, 0.6) is 0 Å². The van der Waals surface area contributed by atoms with Gasteiger partial charge in [0.1, 0.15) is 0 Å². The summed E-state index contributed by atoms with van der Waals surface area (Å²) in [4.78, 5) is 0. The van der Waals surface area contributed by atoms with E-state index in [9.17, 15) is 0 Å². The number of hydrogen-bond acceptors (Lipinski definition) is 1. The first-order chi connectivity index (χ1) is 5.45. The molecule has 0 unspecified atom stereocenters. The summed E-state index contributed by atoms with van der Waals surface area (Å²) in [6.07, 6.45) is 8.98. The molecule has 0 bridgehead atoms. The largest absolute Gasteiger partial charge is 0.311 e. The van der Waals surface area contributed by atoms with Crippen molar-refractivity contribution in [3.63, 3.8) is 0 Å². The van der Waals surface area contributed by atoms with Crippen LogP contribution in [-0.4, -0.2) is 12.1 Å². The Morgan fingerprint density at radius 1 is 0.727 bits per heavy atom. The molecule has 4 atom stereocenters. The van der Waals surface area contributed by atoms with E-state index >= 15 is 0 Å². The van der Waals surface area contributed by atoms with Crippen molar-refractivity contribution < 1.29 is 0 Å². The fourth-order valence-electron chi connectivity index (χ4n) is 3.69. The summed E-state index contributed by atoms with van der Waals surface area (Å²) in [7, 11) is 0. The highest BCUT2D eigenvalue weighted by Crippen LogP contribution is 2.45. The van der Waals surface area contributed by atoms with Crippen LogP contribution >= 0.6 is 0 Å². The van der Waals surface area contributed by atoms with Crippen LogP contribution in [0.4, 0.5) is 0 Å². The van der Waals surface area contributed by atoms with Gasteiger partial charge in [0.25, 0.3) is 0 Å². The average molecular weight is 151 g/mol. The van der Waals surface area contributed by atoms with Crippen molar-refractivity contribution in [1.29, 1.82) is 0 Å². The zero-order valence-corrected chi connectivity index (χ0v) is 7.05. The Labute approximate surface area is 68.6 Å². The number of nitrogens with one attached hydrogen (secondary N) is 1. The van der Waals surface area contributed by atoms with Gasteiger partial charge in [-0.2, -0.15) is 0 Å². The highest BCUT2D eigenvalue weighted by Gasteiger charge is 2.46. The summed E-state index contributed by atoms with van der Waals surface area (Å²) in [6, 6.07) is 1.87. The first-order valence-electron chi connectivity index (χ1n) is 5.21. The van der Waals surface area contributed by atoms with Crippen LogP contribution in [0, 0.1) is 11.8 Å². The summed E-state index contributed by atoms with van der Waals surface area (Å²) in [6.45, 7) is 0. The van der Waals surface area contributed by atoms with Gasteiger partial charge in [-0.25, -0.2) is 0 Å². The number of rotatable bonds is 0. The monoisotopic (exact) mass is 151 g/mol. The topological polar surface area (TPSA) is 12.0 Å². The Balaban J connectivity index is 1.84. The van der Waals surface area contributed by atoms with Crippen molar-refractivity contribution in [1.82, 2.24) is 5.32 Å². The summed E-state index contributed by atoms with van der Waals surface area (Å²) < 4.78 is 0. The van der Waals surface area contributed by atoms with Gasteiger partial charge >= 0.3 is 0 Å².